The molecule has 0 radical (unpaired) electrons. The maximum atomic E-state index is 13.0. The van der Waals surface area contributed by atoms with E-state index < -0.39 is 36.4 Å². The van der Waals surface area contributed by atoms with Crippen LogP contribution in [0.2, 0.25) is 10.0 Å². The molecule has 2 N–H and O–H groups in total. The summed E-state index contributed by atoms with van der Waals surface area (Å²) in [5.41, 5.74) is 0.770. The molecule has 2 rings (SSSR count). The fourth-order valence-corrected chi connectivity index (χ4v) is 3.87. The number of ether oxygens (including phenoxy) is 1. The van der Waals surface area contributed by atoms with Crippen LogP contribution in [0.3, 0.4) is 0 Å². The van der Waals surface area contributed by atoms with Crippen molar-refractivity contribution in [2.75, 3.05) is 6.61 Å². The molecule has 0 aromatic heterocycles. The van der Waals surface area contributed by atoms with Crippen LogP contribution in [0.1, 0.15) is 43.1 Å². The Morgan fingerprint density at radius 2 is 1.50 bits per heavy atom. The van der Waals surface area contributed by atoms with E-state index in [1.807, 2.05) is 44.2 Å². The van der Waals surface area contributed by atoms with Crippen LogP contribution < -0.4 is 10.6 Å². The third kappa shape index (κ3) is 8.47. The molecule has 0 aliphatic rings. The van der Waals surface area contributed by atoms with E-state index in [1.165, 1.54) is 19.1 Å². The van der Waals surface area contributed by atoms with Crippen molar-refractivity contribution < 1.29 is 23.9 Å². The molecule has 0 aliphatic heterocycles. The topological polar surface area (TPSA) is 102 Å². The van der Waals surface area contributed by atoms with E-state index in [4.69, 9.17) is 27.9 Å². The molecule has 2 aromatic rings. The largest absolute Gasteiger partial charge is 0.454 e. The minimum Gasteiger partial charge on any atom is -0.454 e. The summed E-state index contributed by atoms with van der Waals surface area (Å²) in [6, 6.07) is 11.9. The lowest BCUT2D eigenvalue weighted by Gasteiger charge is -2.23. The number of esters is 1. The van der Waals surface area contributed by atoms with E-state index in [0.29, 0.717) is 6.42 Å². The predicted octanol–water partition coefficient (Wildman–Crippen LogP) is 4.00. The number of nitrogens with one attached hydrogen (secondary N) is 2. The highest BCUT2D eigenvalue weighted by Gasteiger charge is 2.28. The molecule has 2 atom stereocenters. The highest BCUT2D eigenvalue weighted by Crippen LogP contribution is 2.25. The van der Waals surface area contributed by atoms with Crippen molar-refractivity contribution in [1.29, 1.82) is 0 Å². The van der Waals surface area contributed by atoms with E-state index in [2.05, 4.69) is 10.6 Å². The second-order valence-electron chi connectivity index (χ2n) is 8.27. The van der Waals surface area contributed by atoms with Gasteiger partial charge in [0.15, 0.2) is 12.4 Å². The molecule has 182 valence electrons. The van der Waals surface area contributed by atoms with Gasteiger partial charge in [-0.15, -0.1) is 0 Å². The van der Waals surface area contributed by atoms with E-state index in [0.717, 1.165) is 5.56 Å². The van der Waals surface area contributed by atoms with Crippen LogP contribution in [0, 0.1) is 5.92 Å². The lowest BCUT2D eigenvalue weighted by Crippen LogP contribution is -2.53. The van der Waals surface area contributed by atoms with Gasteiger partial charge in [-0.1, -0.05) is 73.4 Å². The molecule has 7 nitrogen and oxygen atoms in total. The molecule has 0 spiro atoms. The number of rotatable bonds is 11. The maximum absolute atomic E-state index is 13.0. The molecular weight excluding hydrogens is 479 g/mol. The van der Waals surface area contributed by atoms with Gasteiger partial charge in [0, 0.05) is 6.92 Å². The molecule has 0 fully saturated rings. The third-order valence-electron chi connectivity index (χ3n) is 4.90. The summed E-state index contributed by atoms with van der Waals surface area (Å²) < 4.78 is 5.16. The lowest BCUT2D eigenvalue weighted by molar-refractivity contribution is -0.132. The zero-order chi connectivity index (χ0) is 25.3. The Labute approximate surface area is 209 Å². The number of Topliss-reactive ketones (excluding diaryl/α,β-unsaturated/α-hetero) is 1. The van der Waals surface area contributed by atoms with E-state index in [-0.39, 0.29) is 33.9 Å². The van der Waals surface area contributed by atoms with Crippen molar-refractivity contribution in [3.05, 3.63) is 69.7 Å². The summed E-state index contributed by atoms with van der Waals surface area (Å²) in [4.78, 5) is 50.0. The molecule has 0 saturated carbocycles. The van der Waals surface area contributed by atoms with E-state index >= 15 is 0 Å². The van der Waals surface area contributed by atoms with Crippen LogP contribution in [0.25, 0.3) is 0 Å². The SMILES string of the molecule is CC(=O)N[C@@H](CC(C)C)C(=O)N[C@@H](Cc1ccccc1)C(=O)COC(=O)c1c(Cl)cccc1Cl. The van der Waals surface area contributed by atoms with Crippen molar-refractivity contribution in [2.24, 2.45) is 5.92 Å². The van der Waals surface area contributed by atoms with Gasteiger partial charge in [-0.3, -0.25) is 14.4 Å². The minimum absolute atomic E-state index is 0.0371. The van der Waals surface area contributed by atoms with Crippen molar-refractivity contribution in [1.82, 2.24) is 10.6 Å². The Kier molecular flexibility index (Phi) is 10.5. The molecule has 9 heteroatoms. The first-order chi connectivity index (χ1) is 16.1. The Balaban J connectivity index is 2.17. The Morgan fingerprint density at radius 3 is 2.06 bits per heavy atom. The van der Waals surface area contributed by atoms with Gasteiger partial charge in [-0.05, 0) is 36.5 Å². The quantitative estimate of drug-likeness (QED) is 0.448. The number of benzene rings is 2. The van der Waals surface area contributed by atoms with Gasteiger partial charge in [-0.2, -0.15) is 0 Å². The highest BCUT2D eigenvalue weighted by molar-refractivity contribution is 6.39. The first kappa shape index (κ1) is 27.3. The standard InChI is InChI=1S/C25H28Cl2N2O5/c1-15(2)12-21(28-16(3)30)24(32)29-20(13-17-8-5-4-6-9-17)22(31)14-34-25(33)23-18(26)10-7-11-19(23)27/h4-11,15,20-21H,12-14H2,1-3H3,(H,28,30)(H,29,32)/t20-,21-/m0/s1. The first-order valence-electron chi connectivity index (χ1n) is 10.8. The zero-order valence-electron chi connectivity index (χ0n) is 19.3. The average molecular weight is 507 g/mol. The van der Waals surface area contributed by atoms with Crippen LogP contribution in [0.5, 0.6) is 0 Å². The van der Waals surface area contributed by atoms with Crippen LogP contribution in [-0.2, 0) is 25.5 Å². The second-order valence-corrected chi connectivity index (χ2v) is 9.09. The molecule has 34 heavy (non-hydrogen) atoms. The zero-order valence-corrected chi connectivity index (χ0v) is 20.8. The average Bonchev–Trinajstić information content (AvgIpc) is 2.76. The molecule has 2 amide bonds. The van der Waals surface area contributed by atoms with Crippen molar-refractivity contribution in [2.45, 2.75) is 45.7 Å². The molecule has 2 aromatic carbocycles. The Hall–Kier alpha value is -2.90. The third-order valence-corrected chi connectivity index (χ3v) is 5.53. The van der Waals surface area contributed by atoms with Gasteiger partial charge in [0.2, 0.25) is 11.8 Å². The maximum Gasteiger partial charge on any atom is 0.341 e. The molecule has 0 bridgehead atoms. The number of ketones is 1. The summed E-state index contributed by atoms with van der Waals surface area (Å²) in [5, 5.41) is 5.55. The predicted molar refractivity (Wildman–Crippen MR) is 131 cm³/mol. The van der Waals surface area contributed by atoms with E-state index in [1.54, 1.807) is 6.07 Å². The van der Waals surface area contributed by atoms with Gasteiger partial charge >= 0.3 is 5.97 Å². The fourth-order valence-electron chi connectivity index (χ4n) is 3.32. The smallest absolute Gasteiger partial charge is 0.341 e. The van der Waals surface area contributed by atoms with E-state index in [9.17, 15) is 19.2 Å². The lowest BCUT2D eigenvalue weighted by atomic mass is 9.99. The highest BCUT2D eigenvalue weighted by atomic mass is 35.5. The number of hydrogen-bond acceptors (Lipinski definition) is 5. The van der Waals surface area contributed by atoms with Gasteiger partial charge in [-0.25, -0.2) is 4.79 Å². The summed E-state index contributed by atoms with van der Waals surface area (Å²) in [6.07, 6.45) is 0.585. The fraction of sp³-hybridized carbons (Fsp3) is 0.360. The van der Waals surface area contributed by atoms with Crippen LogP contribution >= 0.6 is 23.2 Å². The summed E-state index contributed by atoms with van der Waals surface area (Å²) >= 11 is 12.1. The molecule has 0 heterocycles. The van der Waals surface area contributed by atoms with Crippen LogP contribution in [0.4, 0.5) is 0 Å². The summed E-state index contributed by atoms with van der Waals surface area (Å²) in [7, 11) is 0. The summed E-state index contributed by atoms with van der Waals surface area (Å²) in [6.45, 7) is 4.58. The van der Waals surface area contributed by atoms with Gasteiger partial charge in [0.25, 0.3) is 0 Å². The second kappa shape index (κ2) is 13.1. The number of halogens is 2. The normalized spacial score (nSPS) is 12.5. The van der Waals surface area contributed by atoms with Gasteiger partial charge in [0.05, 0.1) is 21.7 Å². The number of hydrogen-bond donors (Lipinski definition) is 2. The molecule has 0 aliphatic carbocycles. The van der Waals surface area contributed by atoms with Crippen LogP contribution in [-0.4, -0.2) is 42.3 Å². The van der Waals surface area contributed by atoms with Gasteiger partial charge in [0.1, 0.15) is 6.04 Å². The molecule has 0 unspecified atom stereocenters. The number of carbonyl (C=O) groups excluding carboxylic acids is 4. The first-order valence-corrected chi connectivity index (χ1v) is 11.6. The van der Waals surface area contributed by atoms with Crippen LogP contribution in [0.15, 0.2) is 48.5 Å². The van der Waals surface area contributed by atoms with Gasteiger partial charge < -0.3 is 15.4 Å². The molecule has 0 saturated heterocycles. The molecular formula is C25H28Cl2N2O5. The van der Waals surface area contributed by atoms with Crippen molar-refractivity contribution in [3.63, 3.8) is 0 Å². The number of amides is 2. The summed E-state index contributed by atoms with van der Waals surface area (Å²) in [5.74, 6) is -2.06. The van der Waals surface area contributed by atoms with Crippen molar-refractivity contribution in [3.8, 4) is 0 Å². The minimum atomic E-state index is -0.979. The Morgan fingerprint density at radius 1 is 0.882 bits per heavy atom. The van der Waals surface area contributed by atoms with Crippen molar-refractivity contribution >= 4 is 46.8 Å². The monoisotopic (exact) mass is 506 g/mol. The Bertz CT molecular complexity index is 1010. The number of carbonyl (C=O) groups is 4.